The molecular formula is C35H25FN4O10S. The van der Waals surface area contributed by atoms with Crippen LogP contribution >= 0.6 is 11.3 Å². The van der Waals surface area contributed by atoms with Gasteiger partial charge in [-0.3, -0.25) is 14.2 Å². The maximum absolute atomic E-state index is 15.0. The number of nitrogens with zero attached hydrogens (tertiary/aromatic N) is 4. The van der Waals surface area contributed by atoms with E-state index in [1.54, 1.807) is 18.2 Å². The molecule has 0 spiro atoms. The SMILES string of the molecule is N#Cc1ccc(OC(=O)c2ccccc2)nc1OC(=O)c1cccc(C(=O)n2c(=O)c(F)cn([C@H]3C[C@H](OCc4cccs4)[C@@H](CO)O3)c2=O)c1. The minimum absolute atomic E-state index is 0.00492. The number of rotatable bonds is 10. The van der Waals surface area contributed by atoms with Gasteiger partial charge < -0.3 is 24.1 Å². The molecule has 0 bridgehead atoms. The third-order valence-electron chi connectivity index (χ3n) is 7.66. The third-order valence-corrected chi connectivity index (χ3v) is 8.51. The minimum atomic E-state index is -1.54. The number of ether oxygens (including phenoxy) is 4. The second kappa shape index (κ2) is 15.2. The second-order valence-electron chi connectivity index (χ2n) is 10.9. The molecular weight excluding hydrogens is 687 g/mol. The van der Waals surface area contributed by atoms with Gasteiger partial charge in [0, 0.05) is 22.9 Å². The Morgan fingerprint density at radius 3 is 2.45 bits per heavy atom. The quantitative estimate of drug-likeness (QED) is 0.208. The van der Waals surface area contributed by atoms with E-state index in [2.05, 4.69) is 4.98 Å². The van der Waals surface area contributed by atoms with Crippen LogP contribution in [0.25, 0.3) is 0 Å². The van der Waals surface area contributed by atoms with E-state index in [0.717, 1.165) is 15.5 Å². The molecule has 0 unspecified atom stereocenters. The van der Waals surface area contributed by atoms with Gasteiger partial charge in [0.25, 0.3) is 11.5 Å². The Morgan fingerprint density at radius 2 is 1.73 bits per heavy atom. The van der Waals surface area contributed by atoms with Crippen molar-refractivity contribution in [2.24, 2.45) is 0 Å². The number of aliphatic hydroxyl groups excluding tert-OH is 1. The fraction of sp³-hybridized carbons (Fsp3) is 0.171. The summed E-state index contributed by atoms with van der Waals surface area (Å²) in [5.41, 5.74) is -3.36. The molecule has 16 heteroatoms. The summed E-state index contributed by atoms with van der Waals surface area (Å²) < 4.78 is 37.9. The Labute approximate surface area is 291 Å². The van der Waals surface area contributed by atoms with Crippen molar-refractivity contribution in [2.75, 3.05) is 6.61 Å². The van der Waals surface area contributed by atoms with E-state index in [-0.39, 0.29) is 45.7 Å². The van der Waals surface area contributed by atoms with Gasteiger partial charge in [-0.05, 0) is 47.8 Å². The summed E-state index contributed by atoms with van der Waals surface area (Å²) in [4.78, 5) is 70.3. The first-order valence-corrected chi connectivity index (χ1v) is 16.0. The molecule has 258 valence electrons. The molecule has 0 aliphatic carbocycles. The van der Waals surface area contributed by atoms with Crippen LogP contribution in [0.3, 0.4) is 0 Å². The van der Waals surface area contributed by atoms with Gasteiger partial charge in [-0.1, -0.05) is 30.3 Å². The number of pyridine rings is 1. The Bertz CT molecular complexity index is 2270. The Kier molecular flexibility index (Phi) is 10.3. The molecule has 1 aliphatic heterocycles. The normalized spacial score (nSPS) is 16.7. The fourth-order valence-electron chi connectivity index (χ4n) is 5.15. The molecule has 51 heavy (non-hydrogen) atoms. The highest BCUT2D eigenvalue weighted by atomic mass is 32.1. The van der Waals surface area contributed by atoms with Crippen LogP contribution in [0, 0.1) is 17.1 Å². The van der Waals surface area contributed by atoms with E-state index in [9.17, 15) is 38.7 Å². The first-order valence-electron chi connectivity index (χ1n) is 15.2. The monoisotopic (exact) mass is 712 g/mol. The number of aliphatic hydroxyl groups is 1. The smallest absolute Gasteiger partial charge is 0.344 e. The molecule has 3 aromatic heterocycles. The van der Waals surface area contributed by atoms with Crippen LogP contribution in [0.1, 0.15) is 54.2 Å². The topological polar surface area (TPSA) is 189 Å². The highest BCUT2D eigenvalue weighted by molar-refractivity contribution is 7.09. The van der Waals surface area contributed by atoms with Gasteiger partial charge in [0.2, 0.25) is 17.6 Å². The molecule has 2 aromatic carbocycles. The summed E-state index contributed by atoms with van der Waals surface area (Å²) in [7, 11) is 0. The fourth-order valence-corrected chi connectivity index (χ4v) is 5.77. The lowest BCUT2D eigenvalue weighted by Gasteiger charge is -2.16. The first-order chi connectivity index (χ1) is 24.7. The van der Waals surface area contributed by atoms with Crippen molar-refractivity contribution in [2.45, 2.75) is 31.5 Å². The molecule has 0 amide bonds. The zero-order valence-corrected chi connectivity index (χ0v) is 27.0. The number of esters is 2. The van der Waals surface area contributed by atoms with Gasteiger partial charge in [0.15, 0.2) is 0 Å². The zero-order chi connectivity index (χ0) is 36.1. The summed E-state index contributed by atoms with van der Waals surface area (Å²) >= 11 is 1.46. The number of carbonyl (C=O) groups is 3. The summed E-state index contributed by atoms with van der Waals surface area (Å²) in [6.07, 6.45) is -2.15. The zero-order valence-electron chi connectivity index (χ0n) is 26.2. The minimum Gasteiger partial charge on any atom is -0.404 e. The van der Waals surface area contributed by atoms with Crippen LogP contribution in [-0.4, -0.2) is 55.9 Å². The molecule has 1 saturated heterocycles. The van der Waals surface area contributed by atoms with E-state index < -0.39 is 65.8 Å². The molecule has 6 rings (SSSR count). The molecule has 0 saturated carbocycles. The van der Waals surface area contributed by atoms with E-state index in [1.807, 2.05) is 23.6 Å². The lowest BCUT2D eigenvalue weighted by molar-refractivity contribution is -0.0657. The Morgan fingerprint density at radius 1 is 0.980 bits per heavy atom. The summed E-state index contributed by atoms with van der Waals surface area (Å²) in [6, 6.07) is 20.6. The highest BCUT2D eigenvalue weighted by Crippen LogP contribution is 2.31. The molecule has 14 nitrogen and oxygen atoms in total. The van der Waals surface area contributed by atoms with Crippen molar-refractivity contribution in [1.82, 2.24) is 14.1 Å². The second-order valence-corrected chi connectivity index (χ2v) is 12.0. The number of hydrogen-bond donors (Lipinski definition) is 1. The molecule has 0 radical (unpaired) electrons. The summed E-state index contributed by atoms with van der Waals surface area (Å²) in [5, 5.41) is 21.2. The average Bonchev–Trinajstić information content (AvgIpc) is 3.83. The van der Waals surface area contributed by atoms with E-state index in [4.69, 9.17) is 18.9 Å². The van der Waals surface area contributed by atoms with Crippen LogP contribution < -0.4 is 20.7 Å². The van der Waals surface area contributed by atoms with Crippen LogP contribution in [0.4, 0.5) is 4.39 Å². The molecule has 1 fully saturated rings. The van der Waals surface area contributed by atoms with Gasteiger partial charge in [-0.15, -0.1) is 11.3 Å². The molecule has 1 aliphatic rings. The van der Waals surface area contributed by atoms with Crippen molar-refractivity contribution in [3.63, 3.8) is 0 Å². The van der Waals surface area contributed by atoms with Gasteiger partial charge in [-0.25, -0.2) is 14.4 Å². The number of halogens is 1. The van der Waals surface area contributed by atoms with Crippen LogP contribution in [0.2, 0.25) is 0 Å². The predicted molar refractivity (Wildman–Crippen MR) is 175 cm³/mol. The number of benzene rings is 2. The third kappa shape index (κ3) is 7.56. The van der Waals surface area contributed by atoms with E-state index >= 15 is 0 Å². The average molecular weight is 713 g/mol. The number of thiophene rings is 1. The van der Waals surface area contributed by atoms with Gasteiger partial charge in [-0.2, -0.15) is 19.2 Å². The van der Waals surface area contributed by atoms with Gasteiger partial charge >= 0.3 is 17.6 Å². The number of nitriles is 1. The van der Waals surface area contributed by atoms with Gasteiger partial charge in [0.05, 0.1) is 36.6 Å². The highest BCUT2D eigenvalue weighted by Gasteiger charge is 2.38. The van der Waals surface area contributed by atoms with Crippen molar-refractivity contribution < 1.29 is 42.8 Å². The van der Waals surface area contributed by atoms with Gasteiger partial charge in [0.1, 0.15) is 24.0 Å². The summed E-state index contributed by atoms with van der Waals surface area (Å²) in [5.74, 6) is -5.33. The van der Waals surface area contributed by atoms with E-state index in [0.29, 0.717) is 6.20 Å². The first kappa shape index (κ1) is 34.7. The van der Waals surface area contributed by atoms with Crippen LogP contribution in [0.15, 0.2) is 100 Å². The predicted octanol–water partition coefficient (Wildman–Crippen LogP) is 3.47. The molecule has 4 heterocycles. The maximum Gasteiger partial charge on any atom is 0.344 e. The van der Waals surface area contributed by atoms with Crippen molar-refractivity contribution >= 4 is 29.2 Å². The molecule has 5 aromatic rings. The standard InChI is InChI=1S/C35H25FN4O10S/c36-25-17-39(29-15-26(27(18-41)48-29)47-19-24-10-5-13-51-24)35(46)40(32(25)43)31(42)21-8-4-9-22(14-21)34(45)50-30-23(16-37)11-12-28(38-30)49-33(44)20-6-2-1-3-7-20/h1-14,17,26-27,29,41H,15,18-19H2/t26-,27+,29+/m0/s1. The maximum atomic E-state index is 15.0. The van der Waals surface area contributed by atoms with Crippen LogP contribution in [-0.2, 0) is 16.1 Å². The van der Waals surface area contributed by atoms with E-state index in [1.165, 1.54) is 53.8 Å². The Hall–Kier alpha value is -6.12. The van der Waals surface area contributed by atoms with Crippen molar-refractivity contribution in [3.8, 4) is 17.8 Å². The number of carbonyl (C=O) groups excluding carboxylic acids is 3. The number of hydrogen-bond acceptors (Lipinski definition) is 13. The number of aromatic nitrogens is 3. The molecule has 1 N–H and O–H groups in total. The lowest BCUT2D eigenvalue weighted by atomic mass is 10.1. The summed E-state index contributed by atoms with van der Waals surface area (Å²) in [6.45, 7) is -0.269. The van der Waals surface area contributed by atoms with Crippen LogP contribution in [0.5, 0.6) is 11.8 Å². The molecule has 3 atom stereocenters. The lowest BCUT2D eigenvalue weighted by Crippen LogP contribution is -2.46. The largest absolute Gasteiger partial charge is 0.404 e. The van der Waals surface area contributed by atoms with Crippen molar-refractivity contribution in [1.29, 1.82) is 5.26 Å². The Balaban J connectivity index is 1.22. The van der Waals surface area contributed by atoms with Crippen molar-refractivity contribution in [3.05, 3.63) is 144 Å².